The van der Waals surface area contributed by atoms with Gasteiger partial charge in [-0.1, -0.05) is 35.9 Å². The summed E-state index contributed by atoms with van der Waals surface area (Å²) in [5.74, 6) is -0.0940. The average molecular weight is 538 g/mol. The van der Waals surface area contributed by atoms with Crippen molar-refractivity contribution in [1.82, 2.24) is 19.8 Å². The molecule has 1 amide bonds. The van der Waals surface area contributed by atoms with Crippen LogP contribution in [0.4, 0.5) is 10.2 Å². The molecule has 1 fully saturated rings. The molecule has 8 nitrogen and oxygen atoms in total. The maximum atomic E-state index is 16.4. The normalized spacial score (nSPS) is 14.0. The summed E-state index contributed by atoms with van der Waals surface area (Å²) in [5.41, 5.74) is 0.709. The average Bonchev–Trinajstić information content (AvgIpc) is 2.91. The summed E-state index contributed by atoms with van der Waals surface area (Å²) in [4.78, 5) is 26.1. The zero-order valence-corrected chi connectivity index (χ0v) is 22.1. The molecule has 0 unspecified atom stereocenters. The lowest BCUT2D eigenvalue weighted by atomic mass is 9.96. The number of aromatic nitrogens is 2. The first kappa shape index (κ1) is 25.9. The number of amides is 1. The molecular formula is C28H29ClFN5O3. The molecule has 1 aliphatic rings. The number of halogens is 2. The van der Waals surface area contributed by atoms with Gasteiger partial charge >= 0.3 is 6.01 Å². The van der Waals surface area contributed by atoms with Crippen molar-refractivity contribution < 1.29 is 19.0 Å². The monoisotopic (exact) mass is 537 g/mol. The van der Waals surface area contributed by atoms with Crippen molar-refractivity contribution in [2.45, 2.75) is 6.42 Å². The van der Waals surface area contributed by atoms with Gasteiger partial charge in [0, 0.05) is 43.7 Å². The Morgan fingerprint density at radius 2 is 1.87 bits per heavy atom. The highest BCUT2D eigenvalue weighted by Gasteiger charge is 2.25. The minimum Gasteiger partial charge on any atom is -0.508 e. The summed E-state index contributed by atoms with van der Waals surface area (Å²) in [6.45, 7) is 3.31. The van der Waals surface area contributed by atoms with E-state index in [0.29, 0.717) is 49.6 Å². The van der Waals surface area contributed by atoms with Crippen LogP contribution in [0.3, 0.4) is 0 Å². The van der Waals surface area contributed by atoms with Crippen LogP contribution in [0, 0.1) is 5.82 Å². The highest BCUT2D eigenvalue weighted by Crippen LogP contribution is 2.42. The zero-order chi connectivity index (χ0) is 26.8. The van der Waals surface area contributed by atoms with Gasteiger partial charge in [-0.25, -0.2) is 4.39 Å². The summed E-state index contributed by atoms with van der Waals surface area (Å²) in [6.07, 6.45) is 1.59. The van der Waals surface area contributed by atoms with Crippen LogP contribution in [0.5, 0.6) is 11.8 Å². The summed E-state index contributed by atoms with van der Waals surface area (Å²) in [6, 6.07) is 12.3. The first-order valence-corrected chi connectivity index (χ1v) is 12.9. The van der Waals surface area contributed by atoms with Crippen LogP contribution < -0.4 is 9.64 Å². The van der Waals surface area contributed by atoms with Crippen molar-refractivity contribution in [3.8, 4) is 22.9 Å². The predicted octanol–water partition coefficient (Wildman–Crippen LogP) is 4.56. The molecule has 1 aliphatic heterocycles. The fourth-order valence-corrected chi connectivity index (χ4v) is 5.09. The van der Waals surface area contributed by atoms with E-state index in [-0.39, 0.29) is 27.9 Å². The van der Waals surface area contributed by atoms with Crippen molar-refractivity contribution in [2.75, 3.05) is 58.3 Å². The van der Waals surface area contributed by atoms with E-state index in [0.717, 1.165) is 30.1 Å². The van der Waals surface area contributed by atoms with Gasteiger partial charge in [-0.05, 0) is 55.1 Å². The van der Waals surface area contributed by atoms with E-state index < -0.39 is 5.82 Å². The molecule has 0 bridgehead atoms. The summed E-state index contributed by atoms with van der Waals surface area (Å²) < 4.78 is 22.3. The van der Waals surface area contributed by atoms with Crippen molar-refractivity contribution in [3.63, 3.8) is 0 Å². The molecule has 5 rings (SSSR count). The molecule has 0 spiro atoms. The molecular weight excluding hydrogens is 509 g/mol. The SMILES string of the molecule is CN(C)CCCOc1nc(N2CCN(C=O)CC2)c2cc(Cl)c(-c3cc(O)cc4ccccc34)c(F)c2n1. The minimum atomic E-state index is -0.614. The molecule has 0 aliphatic carbocycles. The second-order valence-electron chi connectivity index (χ2n) is 9.62. The van der Waals surface area contributed by atoms with E-state index >= 15 is 4.39 Å². The number of hydrogen-bond acceptors (Lipinski definition) is 7. The Morgan fingerprint density at radius 1 is 1.11 bits per heavy atom. The number of piperazine rings is 1. The molecule has 3 aromatic carbocycles. The predicted molar refractivity (Wildman–Crippen MR) is 148 cm³/mol. The fourth-order valence-electron chi connectivity index (χ4n) is 4.80. The van der Waals surface area contributed by atoms with Gasteiger partial charge in [0.2, 0.25) is 6.41 Å². The second kappa shape index (κ2) is 11.0. The van der Waals surface area contributed by atoms with Crippen LogP contribution in [-0.4, -0.2) is 84.7 Å². The van der Waals surface area contributed by atoms with Gasteiger partial charge < -0.3 is 24.5 Å². The molecule has 2 heterocycles. The van der Waals surface area contributed by atoms with Crippen LogP contribution >= 0.6 is 11.6 Å². The summed E-state index contributed by atoms with van der Waals surface area (Å²) >= 11 is 6.74. The smallest absolute Gasteiger partial charge is 0.319 e. The Balaban J connectivity index is 1.65. The molecule has 1 aromatic heterocycles. The van der Waals surface area contributed by atoms with Crippen LogP contribution in [0.2, 0.25) is 5.02 Å². The molecule has 4 aromatic rings. The van der Waals surface area contributed by atoms with E-state index in [4.69, 9.17) is 16.3 Å². The maximum absolute atomic E-state index is 16.4. The highest BCUT2D eigenvalue weighted by molar-refractivity contribution is 6.35. The Kier molecular flexibility index (Phi) is 7.49. The number of fused-ring (bicyclic) bond motifs is 2. The number of hydrogen-bond donors (Lipinski definition) is 1. The van der Waals surface area contributed by atoms with Crippen LogP contribution in [-0.2, 0) is 4.79 Å². The van der Waals surface area contributed by atoms with Crippen molar-refractivity contribution in [2.24, 2.45) is 0 Å². The number of anilines is 1. The van der Waals surface area contributed by atoms with Crippen LogP contribution in [0.25, 0.3) is 32.8 Å². The number of nitrogens with zero attached hydrogens (tertiary/aromatic N) is 5. The Hall–Kier alpha value is -3.69. The number of phenols is 1. The third kappa shape index (κ3) is 5.16. The molecule has 0 atom stereocenters. The van der Waals surface area contributed by atoms with Crippen LogP contribution in [0.1, 0.15) is 6.42 Å². The maximum Gasteiger partial charge on any atom is 0.319 e. The summed E-state index contributed by atoms with van der Waals surface area (Å²) in [5, 5.41) is 12.5. The molecule has 1 saturated heterocycles. The van der Waals surface area contributed by atoms with Gasteiger partial charge in [0.15, 0.2) is 5.82 Å². The number of phenolic OH excluding ortho intramolecular Hbond substituents is 1. The van der Waals surface area contributed by atoms with E-state index in [9.17, 15) is 9.90 Å². The standard InChI is InChI=1S/C28H29ClFN5O3/c1-33(2)8-5-13-38-28-31-26-22(27(32-28)35-11-9-34(17-36)10-12-35)16-23(29)24(25(26)30)21-15-19(37)14-18-6-3-4-7-20(18)21/h3-4,6-7,14-17,37H,5,8-13H2,1-2H3. The van der Waals surface area contributed by atoms with Gasteiger partial charge in [-0.2, -0.15) is 9.97 Å². The van der Waals surface area contributed by atoms with E-state index in [1.165, 1.54) is 6.07 Å². The zero-order valence-electron chi connectivity index (χ0n) is 21.3. The van der Waals surface area contributed by atoms with Gasteiger partial charge in [-0.15, -0.1) is 0 Å². The molecule has 0 radical (unpaired) electrons. The lowest BCUT2D eigenvalue weighted by Gasteiger charge is -2.34. The number of ether oxygens (including phenoxy) is 1. The lowest BCUT2D eigenvalue weighted by molar-refractivity contribution is -0.118. The third-order valence-corrected chi connectivity index (χ3v) is 7.00. The third-order valence-electron chi connectivity index (χ3n) is 6.70. The lowest BCUT2D eigenvalue weighted by Crippen LogP contribution is -2.46. The van der Waals surface area contributed by atoms with Crippen molar-refractivity contribution in [3.05, 3.63) is 53.3 Å². The second-order valence-corrected chi connectivity index (χ2v) is 10.0. The number of rotatable bonds is 8. The highest BCUT2D eigenvalue weighted by atomic mass is 35.5. The molecule has 0 saturated carbocycles. The molecule has 198 valence electrons. The van der Waals surface area contributed by atoms with E-state index in [2.05, 4.69) is 14.9 Å². The number of carbonyl (C=O) groups excluding carboxylic acids is 1. The number of benzene rings is 3. The first-order valence-electron chi connectivity index (χ1n) is 12.5. The molecule has 10 heteroatoms. The largest absolute Gasteiger partial charge is 0.508 e. The molecule has 1 N–H and O–H groups in total. The van der Waals surface area contributed by atoms with Crippen molar-refractivity contribution >= 4 is 45.5 Å². The van der Waals surface area contributed by atoms with Crippen LogP contribution in [0.15, 0.2) is 42.5 Å². The Morgan fingerprint density at radius 3 is 2.61 bits per heavy atom. The Bertz CT molecular complexity index is 1490. The number of aromatic hydroxyl groups is 1. The quantitative estimate of drug-likeness (QED) is 0.261. The van der Waals surface area contributed by atoms with E-state index in [1.54, 1.807) is 17.0 Å². The van der Waals surface area contributed by atoms with E-state index in [1.807, 2.05) is 43.3 Å². The molecule has 38 heavy (non-hydrogen) atoms. The van der Waals surface area contributed by atoms with Gasteiger partial charge in [0.25, 0.3) is 0 Å². The van der Waals surface area contributed by atoms with Crippen molar-refractivity contribution in [1.29, 1.82) is 0 Å². The topological polar surface area (TPSA) is 82.0 Å². The first-order chi connectivity index (χ1) is 18.4. The number of carbonyl (C=O) groups is 1. The van der Waals surface area contributed by atoms with Gasteiger partial charge in [0.05, 0.1) is 11.6 Å². The van der Waals surface area contributed by atoms with Gasteiger partial charge in [0.1, 0.15) is 17.1 Å². The van der Waals surface area contributed by atoms with Gasteiger partial charge in [-0.3, -0.25) is 4.79 Å². The minimum absolute atomic E-state index is 0.00982. The fraction of sp³-hybridized carbons (Fsp3) is 0.321. The summed E-state index contributed by atoms with van der Waals surface area (Å²) in [7, 11) is 3.96. The Labute approximate surface area is 225 Å².